The molecule has 2 aromatic rings. The molecule has 0 bridgehead atoms. The molecule has 0 spiro atoms. The lowest BCUT2D eigenvalue weighted by Crippen LogP contribution is -2.38. The summed E-state index contributed by atoms with van der Waals surface area (Å²) in [6.07, 6.45) is 3.11. The molecule has 0 radical (unpaired) electrons. The Labute approximate surface area is 141 Å². The maximum Gasteiger partial charge on any atom is 0.243 e. The molecule has 1 aromatic heterocycles. The molecule has 1 fully saturated rings. The Morgan fingerprint density at radius 1 is 1.29 bits per heavy atom. The van der Waals surface area contributed by atoms with E-state index in [0.29, 0.717) is 24.2 Å². The number of aryl methyl sites for hydroxylation is 2. The Morgan fingerprint density at radius 2 is 2.00 bits per heavy atom. The molecular formula is C16H19N5O2S. The smallest absolute Gasteiger partial charge is 0.243 e. The lowest BCUT2D eigenvalue weighted by Gasteiger charge is -2.31. The molecule has 0 amide bonds. The van der Waals surface area contributed by atoms with Gasteiger partial charge < -0.3 is 4.57 Å². The van der Waals surface area contributed by atoms with E-state index in [2.05, 4.69) is 10.2 Å². The van der Waals surface area contributed by atoms with Gasteiger partial charge in [-0.05, 0) is 43.5 Å². The molecule has 0 N–H and O–H groups in total. The van der Waals surface area contributed by atoms with Crippen LogP contribution < -0.4 is 0 Å². The number of hydrogen-bond acceptors (Lipinski definition) is 5. The van der Waals surface area contributed by atoms with E-state index < -0.39 is 10.0 Å². The SMILES string of the molecule is Cc1cc(C#N)ccc1S(=O)(=O)N1CCC(c2nncn2C)CC1. The van der Waals surface area contributed by atoms with Crippen LogP contribution in [0.4, 0.5) is 0 Å². The molecule has 1 aromatic carbocycles. The summed E-state index contributed by atoms with van der Waals surface area (Å²) in [5.74, 6) is 1.13. The number of nitrogens with zero attached hydrogens (tertiary/aromatic N) is 5. The van der Waals surface area contributed by atoms with Crippen molar-refractivity contribution in [3.8, 4) is 6.07 Å². The second-order valence-electron chi connectivity index (χ2n) is 6.07. The summed E-state index contributed by atoms with van der Waals surface area (Å²) in [4.78, 5) is 0.276. The van der Waals surface area contributed by atoms with Gasteiger partial charge in [0.1, 0.15) is 12.2 Å². The molecular weight excluding hydrogens is 326 g/mol. The minimum absolute atomic E-state index is 0.228. The van der Waals surface area contributed by atoms with E-state index in [4.69, 9.17) is 5.26 Å². The van der Waals surface area contributed by atoms with Crippen LogP contribution in [0.1, 0.15) is 35.7 Å². The first-order chi connectivity index (χ1) is 11.4. The van der Waals surface area contributed by atoms with Crippen molar-refractivity contribution in [3.63, 3.8) is 0 Å². The Morgan fingerprint density at radius 3 is 2.54 bits per heavy atom. The molecule has 2 heterocycles. The van der Waals surface area contributed by atoms with E-state index in [0.717, 1.165) is 18.7 Å². The van der Waals surface area contributed by atoms with Crippen LogP contribution in [0, 0.1) is 18.3 Å². The van der Waals surface area contributed by atoms with Crippen molar-refractivity contribution in [2.45, 2.75) is 30.6 Å². The zero-order chi connectivity index (χ0) is 17.3. The lowest BCUT2D eigenvalue weighted by atomic mass is 9.97. The van der Waals surface area contributed by atoms with E-state index in [9.17, 15) is 8.42 Å². The molecule has 1 saturated heterocycles. The normalized spacial score (nSPS) is 16.9. The summed E-state index contributed by atoms with van der Waals surface area (Å²) in [5, 5.41) is 17.0. The highest BCUT2D eigenvalue weighted by molar-refractivity contribution is 7.89. The molecule has 3 rings (SSSR count). The Balaban J connectivity index is 1.78. The van der Waals surface area contributed by atoms with E-state index >= 15 is 0 Å². The van der Waals surface area contributed by atoms with Crippen LogP contribution >= 0.6 is 0 Å². The van der Waals surface area contributed by atoms with Crippen molar-refractivity contribution >= 4 is 10.0 Å². The van der Waals surface area contributed by atoms with Gasteiger partial charge in [-0.2, -0.15) is 9.57 Å². The number of sulfonamides is 1. The Kier molecular flexibility index (Phi) is 4.39. The summed E-state index contributed by atoms with van der Waals surface area (Å²) < 4.78 is 29.2. The standard InChI is InChI=1S/C16H19N5O2S/c1-12-9-13(10-17)3-4-15(12)24(22,23)21-7-5-14(6-8-21)16-19-18-11-20(16)2/h3-4,9,11,14H,5-8H2,1-2H3. The van der Waals surface area contributed by atoms with E-state index in [1.807, 2.05) is 17.7 Å². The fourth-order valence-corrected chi connectivity index (χ4v) is 4.84. The summed E-state index contributed by atoms with van der Waals surface area (Å²) in [6, 6.07) is 6.71. The molecule has 8 heteroatoms. The van der Waals surface area contributed by atoms with Gasteiger partial charge in [0, 0.05) is 26.1 Å². The Bertz CT molecular complexity index is 889. The molecule has 0 aliphatic carbocycles. The fourth-order valence-electron chi connectivity index (χ4n) is 3.16. The van der Waals surface area contributed by atoms with Crippen LogP contribution in [0.25, 0.3) is 0 Å². The average Bonchev–Trinajstić information content (AvgIpc) is 3.00. The Hall–Kier alpha value is -2.24. The van der Waals surface area contributed by atoms with Gasteiger partial charge in [-0.3, -0.25) is 0 Å². The third-order valence-electron chi connectivity index (χ3n) is 4.49. The quantitative estimate of drug-likeness (QED) is 0.842. The minimum atomic E-state index is -3.54. The lowest BCUT2D eigenvalue weighted by molar-refractivity contribution is 0.310. The first-order valence-corrected chi connectivity index (χ1v) is 9.22. The zero-order valence-corrected chi connectivity index (χ0v) is 14.5. The summed E-state index contributed by atoms with van der Waals surface area (Å²) in [7, 11) is -1.64. The van der Waals surface area contributed by atoms with Gasteiger partial charge >= 0.3 is 0 Å². The molecule has 7 nitrogen and oxygen atoms in total. The molecule has 1 aliphatic rings. The van der Waals surface area contributed by atoms with Crippen molar-refractivity contribution in [1.82, 2.24) is 19.1 Å². The second-order valence-corrected chi connectivity index (χ2v) is 7.98. The topological polar surface area (TPSA) is 91.9 Å². The predicted molar refractivity (Wildman–Crippen MR) is 87.6 cm³/mol. The molecule has 24 heavy (non-hydrogen) atoms. The van der Waals surface area contributed by atoms with Gasteiger partial charge in [0.2, 0.25) is 10.0 Å². The summed E-state index contributed by atoms with van der Waals surface area (Å²) >= 11 is 0. The zero-order valence-electron chi connectivity index (χ0n) is 13.7. The van der Waals surface area contributed by atoms with Crippen LogP contribution in [-0.2, 0) is 17.1 Å². The van der Waals surface area contributed by atoms with Crippen molar-refractivity contribution in [2.75, 3.05) is 13.1 Å². The van der Waals surface area contributed by atoms with Gasteiger partial charge in [0.05, 0.1) is 16.5 Å². The number of benzene rings is 1. The van der Waals surface area contributed by atoms with Crippen LogP contribution in [0.3, 0.4) is 0 Å². The first kappa shape index (κ1) is 16.6. The van der Waals surface area contributed by atoms with E-state index in [1.165, 1.54) is 10.4 Å². The van der Waals surface area contributed by atoms with Crippen molar-refractivity contribution in [1.29, 1.82) is 5.26 Å². The fraction of sp³-hybridized carbons (Fsp3) is 0.438. The molecule has 0 saturated carbocycles. The van der Waals surface area contributed by atoms with Crippen LogP contribution in [-0.4, -0.2) is 40.6 Å². The molecule has 1 aliphatic heterocycles. The first-order valence-electron chi connectivity index (χ1n) is 7.78. The van der Waals surface area contributed by atoms with Gasteiger partial charge in [0.15, 0.2) is 0 Å². The van der Waals surface area contributed by atoms with Gasteiger partial charge in [-0.15, -0.1) is 10.2 Å². The monoisotopic (exact) mass is 345 g/mol. The van der Waals surface area contributed by atoms with Gasteiger partial charge in [-0.25, -0.2) is 8.42 Å². The summed E-state index contributed by atoms with van der Waals surface area (Å²) in [6.45, 7) is 2.64. The van der Waals surface area contributed by atoms with Crippen molar-refractivity contribution in [3.05, 3.63) is 41.5 Å². The van der Waals surface area contributed by atoms with E-state index in [1.54, 1.807) is 25.4 Å². The van der Waals surface area contributed by atoms with Crippen molar-refractivity contribution in [2.24, 2.45) is 7.05 Å². The van der Waals surface area contributed by atoms with Crippen LogP contribution in [0.15, 0.2) is 29.4 Å². The maximum absolute atomic E-state index is 12.9. The maximum atomic E-state index is 12.9. The highest BCUT2D eigenvalue weighted by atomic mass is 32.2. The number of rotatable bonds is 3. The number of aromatic nitrogens is 3. The highest BCUT2D eigenvalue weighted by Gasteiger charge is 2.32. The van der Waals surface area contributed by atoms with Crippen LogP contribution in [0.2, 0.25) is 0 Å². The second kappa shape index (κ2) is 6.34. The van der Waals surface area contributed by atoms with Gasteiger partial charge in [0.25, 0.3) is 0 Å². The van der Waals surface area contributed by atoms with Crippen LogP contribution in [0.5, 0.6) is 0 Å². The summed E-state index contributed by atoms with van der Waals surface area (Å²) in [5.41, 5.74) is 1.07. The molecule has 0 unspecified atom stereocenters. The number of hydrogen-bond donors (Lipinski definition) is 0. The largest absolute Gasteiger partial charge is 0.320 e. The van der Waals surface area contributed by atoms with Gasteiger partial charge in [-0.1, -0.05) is 0 Å². The van der Waals surface area contributed by atoms with Crippen molar-refractivity contribution < 1.29 is 8.42 Å². The third kappa shape index (κ3) is 2.92. The van der Waals surface area contributed by atoms with E-state index in [-0.39, 0.29) is 10.8 Å². The molecule has 0 atom stereocenters. The minimum Gasteiger partial charge on any atom is -0.320 e. The molecule has 126 valence electrons. The predicted octanol–water partition coefficient (Wildman–Crippen LogP) is 1.56. The average molecular weight is 345 g/mol. The third-order valence-corrected chi connectivity index (χ3v) is 6.55. The number of piperidine rings is 1. The number of nitriles is 1. The highest BCUT2D eigenvalue weighted by Crippen LogP contribution is 2.30.